The number of anilines is 1. The zero-order chi connectivity index (χ0) is 14.9. The number of carbonyl (C=O) groups is 1. The van der Waals surface area contributed by atoms with Crippen LogP contribution in [0.4, 0.5) is 10.5 Å². The van der Waals surface area contributed by atoms with E-state index in [9.17, 15) is 4.79 Å². The first-order valence-electron chi connectivity index (χ1n) is 8.07. The third-order valence-corrected chi connectivity index (χ3v) is 4.79. The Hall–Kier alpha value is -2.29. The lowest BCUT2D eigenvalue weighted by molar-refractivity contribution is 0.248. The van der Waals surface area contributed by atoms with Crippen molar-refractivity contribution in [2.75, 3.05) is 5.32 Å². The molecular formula is C19H20N2O. The summed E-state index contributed by atoms with van der Waals surface area (Å²) in [6, 6.07) is 14.6. The fraction of sp³-hybridized carbons (Fsp3) is 0.316. The smallest absolute Gasteiger partial charge is 0.319 e. The van der Waals surface area contributed by atoms with Crippen molar-refractivity contribution >= 4 is 11.7 Å². The van der Waals surface area contributed by atoms with Gasteiger partial charge in [-0.1, -0.05) is 30.3 Å². The Bertz CT molecular complexity index is 723. The maximum absolute atomic E-state index is 12.3. The molecule has 2 aliphatic carbocycles. The van der Waals surface area contributed by atoms with Gasteiger partial charge in [0.15, 0.2) is 0 Å². The van der Waals surface area contributed by atoms with Crippen LogP contribution >= 0.6 is 0 Å². The van der Waals surface area contributed by atoms with Crippen molar-refractivity contribution in [1.82, 2.24) is 5.32 Å². The fourth-order valence-electron chi connectivity index (χ4n) is 3.68. The number of urea groups is 1. The number of hydrogen-bond acceptors (Lipinski definition) is 1. The molecule has 2 aliphatic rings. The molecule has 0 fully saturated rings. The lowest BCUT2D eigenvalue weighted by Gasteiger charge is -2.15. The van der Waals surface area contributed by atoms with E-state index >= 15 is 0 Å². The van der Waals surface area contributed by atoms with Crippen molar-refractivity contribution in [2.24, 2.45) is 0 Å². The van der Waals surface area contributed by atoms with E-state index in [1.54, 1.807) is 0 Å². The molecule has 0 aliphatic heterocycles. The van der Waals surface area contributed by atoms with Crippen molar-refractivity contribution in [3.05, 3.63) is 64.7 Å². The number of aryl methyl sites for hydroxylation is 3. The van der Waals surface area contributed by atoms with Gasteiger partial charge >= 0.3 is 6.03 Å². The minimum absolute atomic E-state index is 0.111. The van der Waals surface area contributed by atoms with Gasteiger partial charge < -0.3 is 10.6 Å². The summed E-state index contributed by atoms with van der Waals surface area (Å²) in [7, 11) is 0. The van der Waals surface area contributed by atoms with Gasteiger partial charge in [0, 0.05) is 5.69 Å². The largest absolute Gasteiger partial charge is 0.331 e. The molecule has 4 rings (SSSR count). The Morgan fingerprint density at radius 2 is 1.82 bits per heavy atom. The predicted octanol–water partition coefficient (Wildman–Crippen LogP) is 3.98. The second-order valence-corrected chi connectivity index (χ2v) is 6.23. The Kier molecular flexibility index (Phi) is 3.34. The number of amides is 2. The van der Waals surface area contributed by atoms with Crippen LogP contribution in [-0.4, -0.2) is 6.03 Å². The first-order chi connectivity index (χ1) is 10.8. The molecule has 0 radical (unpaired) electrons. The van der Waals surface area contributed by atoms with Crippen LogP contribution in [0.5, 0.6) is 0 Å². The van der Waals surface area contributed by atoms with Gasteiger partial charge in [-0.3, -0.25) is 0 Å². The minimum atomic E-state index is -0.111. The molecule has 3 heteroatoms. The van der Waals surface area contributed by atoms with Gasteiger partial charge in [-0.2, -0.15) is 0 Å². The van der Waals surface area contributed by atoms with Crippen LogP contribution in [0.3, 0.4) is 0 Å². The molecule has 2 aromatic carbocycles. The van der Waals surface area contributed by atoms with Crippen LogP contribution in [0.1, 0.15) is 41.1 Å². The number of fused-ring (bicyclic) bond motifs is 2. The van der Waals surface area contributed by atoms with Crippen molar-refractivity contribution in [3.63, 3.8) is 0 Å². The summed E-state index contributed by atoms with van der Waals surface area (Å²) < 4.78 is 0. The summed E-state index contributed by atoms with van der Waals surface area (Å²) >= 11 is 0. The van der Waals surface area contributed by atoms with Crippen molar-refractivity contribution in [1.29, 1.82) is 0 Å². The zero-order valence-electron chi connectivity index (χ0n) is 12.6. The highest BCUT2D eigenvalue weighted by Crippen LogP contribution is 2.31. The summed E-state index contributed by atoms with van der Waals surface area (Å²) in [5, 5.41) is 6.08. The summed E-state index contributed by atoms with van der Waals surface area (Å²) in [4.78, 5) is 12.3. The summed E-state index contributed by atoms with van der Waals surface area (Å²) in [5.41, 5.74) is 6.31. The molecule has 0 aromatic heterocycles. The second kappa shape index (κ2) is 5.48. The minimum Gasteiger partial charge on any atom is -0.331 e. The quantitative estimate of drug-likeness (QED) is 0.863. The average molecular weight is 292 g/mol. The third-order valence-electron chi connectivity index (χ3n) is 4.79. The molecular weight excluding hydrogens is 272 g/mol. The molecule has 3 nitrogen and oxygen atoms in total. The normalized spacial score (nSPS) is 18.6. The second-order valence-electron chi connectivity index (χ2n) is 6.23. The van der Waals surface area contributed by atoms with E-state index in [1.807, 2.05) is 12.1 Å². The standard InChI is InChI=1S/C19H20N2O/c22-19(20-16-10-8-13-5-3-6-15(13)12-16)21-18-11-9-14-4-1-2-7-17(14)18/h1-2,4,7-8,10,12,18H,3,5-6,9,11H2,(H2,20,21,22). The first-order valence-corrected chi connectivity index (χ1v) is 8.07. The van der Waals surface area contributed by atoms with Crippen LogP contribution in [-0.2, 0) is 19.3 Å². The first kappa shape index (κ1) is 13.4. The molecule has 2 N–H and O–H groups in total. The monoisotopic (exact) mass is 292 g/mol. The number of benzene rings is 2. The Labute approximate surface area is 130 Å². The van der Waals surface area contributed by atoms with Gasteiger partial charge in [-0.15, -0.1) is 0 Å². The van der Waals surface area contributed by atoms with Crippen LogP contribution in [0, 0.1) is 0 Å². The molecule has 0 bridgehead atoms. The van der Waals surface area contributed by atoms with E-state index in [1.165, 1.54) is 35.1 Å². The van der Waals surface area contributed by atoms with E-state index in [2.05, 4.69) is 41.0 Å². The lowest BCUT2D eigenvalue weighted by Crippen LogP contribution is -2.31. The van der Waals surface area contributed by atoms with Gasteiger partial charge in [0.25, 0.3) is 0 Å². The molecule has 0 saturated carbocycles. The maximum atomic E-state index is 12.3. The average Bonchev–Trinajstić information content (AvgIpc) is 3.14. The topological polar surface area (TPSA) is 41.1 Å². The van der Waals surface area contributed by atoms with Gasteiger partial charge in [-0.25, -0.2) is 4.79 Å². The van der Waals surface area contributed by atoms with E-state index in [0.717, 1.165) is 24.9 Å². The van der Waals surface area contributed by atoms with Crippen LogP contribution in [0.2, 0.25) is 0 Å². The number of hydrogen-bond donors (Lipinski definition) is 2. The van der Waals surface area contributed by atoms with E-state index < -0.39 is 0 Å². The summed E-state index contributed by atoms with van der Waals surface area (Å²) in [5.74, 6) is 0. The fourth-order valence-corrected chi connectivity index (χ4v) is 3.68. The Morgan fingerprint density at radius 3 is 2.77 bits per heavy atom. The molecule has 0 heterocycles. The number of rotatable bonds is 2. The Balaban J connectivity index is 1.43. The zero-order valence-corrected chi connectivity index (χ0v) is 12.6. The lowest BCUT2D eigenvalue weighted by atomic mass is 10.1. The van der Waals surface area contributed by atoms with Crippen LogP contribution in [0.25, 0.3) is 0 Å². The summed E-state index contributed by atoms with van der Waals surface area (Å²) in [6.07, 6.45) is 5.55. The van der Waals surface area contributed by atoms with E-state index in [-0.39, 0.29) is 12.1 Å². The highest BCUT2D eigenvalue weighted by molar-refractivity contribution is 5.89. The third kappa shape index (κ3) is 2.47. The van der Waals surface area contributed by atoms with Crippen molar-refractivity contribution in [3.8, 4) is 0 Å². The molecule has 1 unspecified atom stereocenters. The van der Waals surface area contributed by atoms with Crippen LogP contribution < -0.4 is 10.6 Å². The van der Waals surface area contributed by atoms with E-state index in [4.69, 9.17) is 0 Å². The van der Waals surface area contributed by atoms with Crippen LogP contribution in [0.15, 0.2) is 42.5 Å². The van der Waals surface area contributed by atoms with Gasteiger partial charge in [-0.05, 0) is 66.5 Å². The number of nitrogens with one attached hydrogen (secondary N) is 2. The molecule has 2 amide bonds. The molecule has 22 heavy (non-hydrogen) atoms. The van der Waals surface area contributed by atoms with Gasteiger partial charge in [0.05, 0.1) is 6.04 Å². The molecule has 0 saturated heterocycles. The molecule has 112 valence electrons. The molecule has 2 aromatic rings. The summed E-state index contributed by atoms with van der Waals surface area (Å²) in [6.45, 7) is 0. The highest BCUT2D eigenvalue weighted by atomic mass is 16.2. The maximum Gasteiger partial charge on any atom is 0.319 e. The molecule has 1 atom stereocenters. The SMILES string of the molecule is O=C(Nc1ccc2c(c1)CCC2)NC1CCc2ccccc21. The highest BCUT2D eigenvalue weighted by Gasteiger charge is 2.23. The van der Waals surface area contributed by atoms with E-state index in [0.29, 0.717) is 0 Å². The Morgan fingerprint density at radius 1 is 0.955 bits per heavy atom. The van der Waals surface area contributed by atoms with Crippen molar-refractivity contribution in [2.45, 2.75) is 38.1 Å². The van der Waals surface area contributed by atoms with Gasteiger partial charge in [0.1, 0.15) is 0 Å². The predicted molar refractivity (Wildman–Crippen MR) is 88.1 cm³/mol. The van der Waals surface area contributed by atoms with Crippen molar-refractivity contribution < 1.29 is 4.79 Å². The van der Waals surface area contributed by atoms with Gasteiger partial charge in [0.2, 0.25) is 0 Å². The number of carbonyl (C=O) groups excluding carboxylic acids is 1. The molecule has 0 spiro atoms.